The molecular formula is C19H20N2O5S. The van der Waals surface area contributed by atoms with Crippen molar-refractivity contribution in [3.63, 3.8) is 0 Å². The van der Waals surface area contributed by atoms with Gasteiger partial charge in [0.1, 0.15) is 0 Å². The molecule has 1 amide bonds. The lowest BCUT2D eigenvalue weighted by atomic mass is 10.1. The molecule has 3 rings (SSSR count). The van der Waals surface area contributed by atoms with Gasteiger partial charge in [0.15, 0.2) is 6.10 Å². The Hall–Kier alpha value is -2.71. The van der Waals surface area contributed by atoms with Crippen molar-refractivity contribution in [1.82, 2.24) is 0 Å². The minimum Gasteiger partial charge on any atom is -0.449 e. The van der Waals surface area contributed by atoms with Gasteiger partial charge in [0.25, 0.3) is 5.91 Å². The number of hydrogen-bond acceptors (Lipinski definition) is 5. The maximum absolute atomic E-state index is 12.3. The summed E-state index contributed by atoms with van der Waals surface area (Å²) in [5, 5.41) is 7.59. The van der Waals surface area contributed by atoms with Crippen LogP contribution in [0.4, 0.5) is 5.69 Å². The van der Waals surface area contributed by atoms with E-state index in [4.69, 9.17) is 9.88 Å². The summed E-state index contributed by atoms with van der Waals surface area (Å²) in [5.74, 6) is -1.15. The topological polar surface area (TPSA) is 116 Å². The Bertz CT molecular complexity index is 1000. The van der Waals surface area contributed by atoms with Crippen LogP contribution in [0.2, 0.25) is 0 Å². The van der Waals surface area contributed by atoms with E-state index in [2.05, 4.69) is 5.32 Å². The van der Waals surface area contributed by atoms with Gasteiger partial charge >= 0.3 is 5.97 Å². The van der Waals surface area contributed by atoms with Gasteiger partial charge < -0.3 is 10.1 Å². The average Bonchev–Trinajstić information content (AvgIpc) is 3.08. The Morgan fingerprint density at radius 3 is 2.59 bits per heavy atom. The number of carbonyl (C=O) groups excluding carboxylic acids is 2. The molecule has 2 aromatic carbocycles. The van der Waals surface area contributed by atoms with Crippen molar-refractivity contribution in [2.75, 3.05) is 5.32 Å². The van der Waals surface area contributed by atoms with Crippen LogP contribution in [0.1, 0.15) is 34.8 Å². The van der Waals surface area contributed by atoms with Crippen LogP contribution in [0, 0.1) is 0 Å². The van der Waals surface area contributed by atoms with Crippen LogP contribution in [0.5, 0.6) is 0 Å². The summed E-state index contributed by atoms with van der Waals surface area (Å²) in [6.45, 7) is 1.45. The van der Waals surface area contributed by atoms with E-state index in [9.17, 15) is 18.0 Å². The predicted molar refractivity (Wildman–Crippen MR) is 99.8 cm³/mol. The number of sulfonamides is 1. The number of primary sulfonamides is 1. The van der Waals surface area contributed by atoms with Crippen molar-refractivity contribution in [2.24, 2.45) is 5.14 Å². The largest absolute Gasteiger partial charge is 0.449 e. The summed E-state index contributed by atoms with van der Waals surface area (Å²) in [5.41, 5.74) is 3.03. The molecule has 0 spiro atoms. The second-order valence-corrected chi connectivity index (χ2v) is 8.01. The fourth-order valence-electron chi connectivity index (χ4n) is 2.98. The van der Waals surface area contributed by atoms with Crippen molar-refractivity contribution in [3.05, 3.63) is 59.2 Å². The minimum absolute atomic E-state index is 0.122. The van der Waals surface area contributed by atoms with E-state index in [0.717, 1.165) is 24.8 Å². The van der Waals surface area contributed by atoms with Gasteiger partial charge in [-0.3, -0.25) is 4.79 Å². The van der Waals surface area contributed by atoms with E-state index >= 15 is 0 Å². The lowest BCUT2D eigenvalue weighted by Gasteiger charge is -2.14. The van der Waals surface area contributed by atoms with E-state index in [1.54, 1.807) is 6.07 Å². The maximum atomic E-state index is 12.3. The monoisotopic (exact) mass is 388 g/mol. The summed E-state index contributed by atoms with van der Waals surface area (Å²) in [6.07, 6.45) is 1.97. The van der Waals surface area contributed by atoms with Crippen LogP contribution in [0.3, 0.4) is 0 Å². The number of carbonyl (C=O) groups is 2. The Morgan fingerprint density at radius 1 is 1.11 bits per heavy atom. The molecule has 1 aliphatic carbocycles. The number of fused-ring (bicyclic) bond motifs is 1. The Balaban J connectivity index is 1.65. The fourth-order valence-corrected chi connectivity index (χ4v) is 3.54. The first-order chi connectivity index (χ1) is 12.7. The molecule has 0 saturated heterocycles. The zero-order valence-corrected chi connectivity index (χ0v) is 15.6. The summed E-state index contributed by atoms with van der Waals surface area (Å²) in [7, 11) is -3.88. The standard InChI is InChI=1S/C19H20N2O5S/c1-12(18(22)21-16-6-3-7-17(11-16)27(20,24)25)26-19(23)15-9-8-13-4-2-5-14(13)10-15/h3,6-12H,2,4-5H2,1H3,(H,21,22)(H2,20,24,25). The highest BCUT2D eigenvalue weighted by Crippen LogP contribution is 2.23. The molecule has 0 radical (unpaired) electrons. The molecule has 0 bridgehead atoms. The maximum Gasteiger partial charge on any atom is 0.338 e. The van der Waals surface area contributed by atoms with Gasteiger partial charge in [-0.2, -0.15) is 0 Å². The van der Waals surface area contributed by atoms with Crippen molar-refractivity contribution in [3.8, 4) is 0 Å². The molecule has 27 heavy (non-hydrogen) atoms. The van der Waals surface area contributed by atoms with E-state index < -0.39 is 28.0 Å². The third-order valence-electron chi connectivity index (χ3n) is 4.42. The number of esters is 1. The molecule has 1 atom stereocenters. The number of benzene rings is 2. The van der Waals surface area contributed by atoms with Crippen molar-refractivity contribution < 1.29 is 22.7 Å². The molecule has 0 aromatic heterocycles. The highest BCUT2D eigenvalue weighted by Gasteiger charge is 2.21. The quantitative estimate of drug-likeness (QED) is 0.760. The summed E-state index contributed by atoms with van der Waals surface area (Å²) >= 11 is 0. The molecule has 0 aliphatic heterocycles. The zero-order chi connectivity index (χ0) is 19.6. The molecular weight excluding hydrogens is 368 g/mol. The molecule has 1 aliphatic rings. The molecule has 0 saturated carbocycles. The van der Waals surface area contributed by atoms with Crippen LogP contribution in [0.15, 0.2) is 47.4 Å². The van der Waals surface area contributed by atoms with Gasteiger partial charge in [-0.25, -0.2) is 18.4 Å². The normalized spacial score (nSPS) is 14.3. The lowest BCUT2D eigenvalue weighted by molar-refractivity contribution is -0.123. The Morgan fingerprint density at radius 2 is 1.85 bits per heavy atom. The fraction of sp³-hybridized carbons (Fsp3) is 0.263. The number of hydrogen-bond donors (Lipinski definition) is 2. The van der Waals surface area contributed by atoms with Gasteiger partial charge in [-0.15, -0.1) is 0 Å². The smallest absolute Gasteiger partial charge is 0.338 e. The molecule has 2 aromatic rings. The highest BCUT2D eigenvalue weighted by atomic mass is 32.2. The van der Waals surface area contributed by atoms with Gasteiger partial charge in [0.2, 0.25) is 10.0 Å². The van der Waals surface area contributed by atoms with Gasteiger partial charge in [-0.1, -0.05) is 12.1 Å². The minimum atomic E-state index is -3.88. The van der Waals surface area contributed by atoms with Crippen molar-refractivity contribution in [1.29, 1.82) is 0 Å². The second kappa shape index (κ2) is 7.50. The van der Waals surface area contributed by atoms with Crippen LogP contribution in [-0.4, -0.2) is 26.4 Å². The molecule has 7 nitrogen and oxygen atoms in total. The van der Waals surface area contributed by atoms with E-state index in [1.165, 1.54) is 36.8 Å². The second-order valence-electron chi connectivity index (χ2n) is 6.45. The molecule has 142 valence electrons. The van der Waals surface area contributed by atoms with Crippen molar-refractivity contribution in [2.45, 2.75) is 37.2 Å². The number of ether oxygens (including phenoxy) is 1. The predicted octanol–water partition coefficient (Wildman–Crippen LogP) is 2.01. The molecule has 0 heterocycles. The first-order valence-corrected chi connectivity index (χ1v) is 10.1. The van der Waals surface area contributed by atoms with Gasteiger partial charge in [-0.05, 0) is 67.6 Å². The van der Waals surface area contributed by atoms with Gasteiger partial charge in [0.05, 0.1) is 10.5 Å². The number of aryl methyl sites for hydroxylation is 2. The summed E-state index contributed by atoms with van der Waals surface area (Å²) in [6, 6.07) is 11.0. The first kappa shape index (κ1) is 19.1. The number of rotatable bonds is 5. The molecule has 3 N–H and O–H groups in total. The van der Waals surface area contributed by atoms with Crippen LogP contribution >= 0.6 is 0 Å². The lowest BCUT2D eigenvalue weighted by Crippen LogP contribution is -2.30. The number of nitrogens with two attached hydrogens (primary N) is 1. The SMILES string of the molecule is CC(OC(=O)c1ccc2c(c1)CCC2)C(=O)Nc1cccc(S(N)(=O)=O)c1. The molecule has 8 heteroatoms. The Labute approximate surface area is 157 Å². The Kier molecular flexibility index (Phi) is 5.29. The van der Waals surface area contributed by atoms with Crippen molar-refractivity contribution >= 4 is 27.6 Å². The molecule has 0 fully saturated rings. The highest BCUT2D eigenvalue weighted by molar-refractivity contribution is 7.89. The number of amides is 1. The van der Waals surface area contributed by atoms with E-state index in [-0.39, 0.29) is 10.6 Å². The van der Waals surface area contributed by atoms with E-state index in [1.807, 2.05) is 12.1 Å². The third-order valence-corrected chi connectivity index (χ3v) is 5.33. The van der Waals surface area contributed by atoms with Crippen LogP contribution in [0.25, 0.3) is 0 Å². The zero-order valence-electron chi connectivity index (χ0n) is 14.8. The average molecular weight is 388 g/mol. The number of anilines is 1. The first-order valence-electron chi connectivity index (χ1n) is 8.50. The summed E-state index contributed by atoms with van der Waals surface area (Å²) in [4.78, 5) is 24.4. The van der Waals surface area contributed by atoms with Gasteiger partial charge in [0, 0.05) is 5.69 Å². The van der Waals surface area contributed by atoms with E-state index in [0.29, 0.717) is 5.56 Å². The van der Waals surface area contributed by atoms with Crippen LogP contribution in [-0.2, 0) is 32.4 Å². The molecule has 1 unspecified atom stereocenters. The number of nitrogens with one attached hydrogen (secondary N) is 1. The summed E-state index contributed by atoms with van der Waals surface area (Å²) < 4.78 is 28.0. The van der Waals surface area contributed by atoms with Crippen LogP contribution < -0.4 is 10.5 Å². The third kappa shape index (κ3) is 4.53.